The summed E-state index contributed by atoms with van der Waals surface area (Å²) in [6.45, 7) is 2.87. The van der Waals surface area contributed by atoms with E-state index < -0.39 is 11.9 Å². The van der Waals surface area contributed by atoms with E-state index in [1.165, 1.54) is 25.7 Å². The second kappa shape index (κ2) is 7.62. The highest BCUT2D eigenvalue weighted by Crippen LogP contribution is 2.48. The van der Waals surface area contributed by atoms with Crippen molar-refractivity contribution in [2.45, 2.75) is 51.9 Å². The molecule has 2 aliphatic carbocycles. The number of fused-ring (bicyclic) bond motifs is 2. The highest BCUT2D eigenvalue weighted by Gasteiger charge is 2.51. The maximum atomic E-state index is 12.3. The highest BCUT2D eigenvalue weighted by molar-refractivity contribution is 5.86. The van der Waals surface area contributed by atoms with Crippen LogP contribution in [0, 0.1) is 23.7 Å². The van der Waals surface area contributed by atoms with Crippen LogP contribution >= 0.6 is 0 Å². The Labute approximate surface area is 127 Å². The molecule has 2 rings (SSSR count). The number of allylic oxidation sites excluding steroid dienone is 2. The molecule has 1 saturated carbocycles. The number of carbonyl (C=O) groups excluding carboxylic acids is 1. The number of carboxylic acids is 1. The minimum Gasteiger partial charge on any atom is -0.481 e. The zero-order valence-electron chi connectivity index (χ0n) is 12.9. The highest BCUT2D eigenvalue weighted by atomic mass is 16.4. The molecule has 0 radical (unpaired) electrons. The van der Waals surface area contributed by atoms with Crippen LogP contribution in [-0.4, -0.2) is 23.5 Å². The minimum absolute atomic E-state index is 0.0530. The molecule has 21 heavy (non-hydrogen) atoms. The molecule has 1 amide bonds. The lowest BCUT2D eigenvalue weighted by Crippen LogP contribution is -2.40. The van der Waals surface area contributed by atoms with E-state index in [2.05, 4.69) is 12.2 Å². The maximum Gasteiger partial charge on any atom is 0.307 e. The number of hydrogen-bond acceptors (Lipinski definition) is 2. The van der Waals surface area contributed by atoms with Gasteiger partial charge in [0, 0.05) is 6.54 Å². The zero-order chi connectivity index (χ0) is 15.2. The van der Waals surface area contributed by atoms with Gasteiger partial charge < -0.3 is 10.4 Å². The standard InChI is InChI=1S/C17H27NO3/c1-2-3-4-5-6-7-10-18-16(19)14-12-8-9-13(11-12)15(14)17(20)21/h8-9,12-15H,2-7,10-11H2,1H3,(H,18,19)(H,20,21)/t12-,13-,14+,15+/m0/s1. The van der Waals surface area contributed by atoms with Crippen molar-refractivity contribution >= 4 is 11.9 Å². The molecule has 4 nitrogen and oxygen atoms in total. The average Bonchev–Trinajstić information content (AvgIpc) is 3.06. The Morgan fingerprint density at radius 3 is 2.33 bits per heavy atom. The van der Waals surface area contributed by atoms with E-state index in [9.17, 15) is 14.7 Å². The Kier molecular flexibility index (Phi) is 5.83. The van der Waals surface area contributed by atoms with Crippen molar-refractivity contribution in [3.8, 4) is 0 Å². The van der Waals surface area contributed by atoms with Gasteiger partial charge in [-0.2, -0.15) is 0 Å². The Hall–Kier alpha value is -1.32. The van der Waals surface area contributed by atoms with Crippen molar-refractivity contribution in [1.29, 1.82) is 0 Å². The Balaban J connectivity index is 1.71. The van der Waals surface area contributed by atoms with Gasteiger partial charge in [0.2, 0.25) is 5.91 Å². The van der Waals surface area contributed by atoms with Crippen LogP contribution in [0.15, 0.2) is 12.2 Å². The lowest BCUT2D eigenvalue weighted by atomic mass is 9.82. The monoisotopic (exact) mass is 293 g/mol. The average molecular weight is 293 g/mol. The molecule has 0 unspecified atom stereocenters. The number of amides is 1. The SMILES string of the molecule is CCCCCCCCNC(=O)[C@H]1[C@H](C(=O)O)[C@H]2C=C[C@H]1C2. The van der Waals surface area contributed by atoms with Gasteiger partial charge in [-0.3, -0.25) is 9.59 Å². The molecule has 1 fully saturated rings. The van der Waals surface area contributed by atoms with Crippen molar-refractivity contribution in [2.75, 3.05) is 6.54 Å². The van der Waals surface area contributed by atoms with Gasteiger partial charge in [0.25, 0.3) is 0 Å². The molecule has 2 N–H and O–H groups in total. The third-order valence-corrected chi connectivity index (χ3v) is 4.88. The third kappa shape index (κ3) is 3.86. The summed E-state index contributed by atoms with van der Waals surface area (Å²) in [6, 6.07) is 0. The number of carboxylic acid groups (broad SMARTS) is 1. The number of aliphatic carboxylic acids is 1. The predicted molar refractivity (Wildman–Crippen MR) is 81.7 cm³/mol. The third-order valence-electron chi connectivity index (χ3n) is 4.88. The fraction of sp³-hybridized carbons (Fsp3) is 0.765. The topological polar surface area (TPSA) is 66.4 Å². The van der Waals surface area contributed by atoms with E-state index in [0.29, 0.717) is 6.54 Å². The van der Waals surface area contributed by atoms with Gasteiger partial charge >= 0.3 is 5.97 Å². The first-order valence-electron chi connectivity index (χ1n) is 8.34. The maximum absolute atomic E-state index is 12.3. The quantitative estimate of drug-likeness (QED) is 0.507. The van der Waals surface area contributed by atoms with Crippen molar-refractivity contribution < 1.29 is 14.7 Å². The largest absolute Gasteiger partial charge is 0.481 e. The summed E-state index contributed by atoms with van der Waals surface area (Å²) >= 11 is 0. The smallest absolute Gasteiger partial charge is 0.307 e. The lowest BCUT2D eigenvalue weighted by molar-refractivity contribution is -0.147. The molecule has 0 spiro atoms. The first-order valence-corrected chi connectivity index (χ1v) is 8.34. The van der Waals surface area contributed by atoms with Crippen LogP contribution in [0.5, 0.6) is 0 Å². The van der Waals surface area contributed by atoms with Gasteiger partial charge in [-0.1, -0.05) is 51.2 Å². The van der Waals surface area contributed by atoms with E-state index in [0.717, 1.165) is 19.3 Å². The molecule has 2 bridgehead atoms. The fourth-order valence-corrected chi connectivity index (χ4v) is 3.75. The molecule has 118 valence electrons. The lowest BCUT2D eigenvalue weighted by Gasteiger charge is -2.23. The molecule has 0 aromatic carbocycles. The molecule has 0 aromatic rings. The van der Waals surface area contributed by atoms with E-state index in [4.69, 9.17) is 0 Å². The van der Waals surface area contributed by atoms with E-state index in [-0.39, 0.29) is 23.7 Å². The summed E-state index contributed by atoms with van der Waals surface area (Å²) in [5, 5.41) is 12.3. The second-order valence-electron chi connectivity index (χ2n) is 6.40. The van der Waals surface area contributed by atoms with E-state index in [1.54, 1.807) is 0 Å². The predicted octanol–water partition coefficient (Wildman–Crippen LogP) is 2.99. The summed E-state index contributed by atoms with van der Waals surface area (Å²) < 4.78 is 0. The summed E-state index contributed by atoms with van der Waals surface area (Å²) in [5.41, 5.74) is 0. The van der Waals surface area contributed by atoms with Gasteiger partial charge in [-0.05, 0) is 24.7 Å². The molecular formula is C17H27NO3. The summed E-state index contributed by atoms with van der Waals surface area (Å²) in [5.74, 6) is -1.60. The van der Waals surface area contributed by atoms with Gasteiger partial charge in [0.05, 0.1) is 11.8 Å². The van der Waals surface area contributed by atoms with Crippen LogP contribution in [0.4, 0.5) is 0 Å². The zero-order valence-corrected chi connectivity index (χ0v) is 12.9. The minimum atomic E-state index is -0.827. The van der Waals surface area contributed by atoms with Gasteiger partial charge in [0.1, 0.15) is 0 Å². The van der Waals surface area contributed by atoms with E-state index >= 15 is 0 Å². The summed E-state index contributed by atoms with van der Waals surface area (Å²) in [4.78, 5) is 23.6. The van der Waals surface area contributed by atoms with Crippen molar-refractivity contribution in [3.05, 3.63) is 12.2 Å². The summed E-state index contributed by atoms with van der Waals surface area (Å²) in [6.07, 6.45) is 12.0. The van der Waals surface area contributed by atoms with Crippen LogP contribution in [0.3, 0.4) is 0 Å². The Bertz CT molecular complexity index is 405. The van der Waals surface area contributed by atoms with Gasteiger partial charge in [0.15, 0.2) is 0 Å². The van der Waals surface area contributed by atoms with Crippen LogP contribution in [0.1, 0.15) is 51.9 Å². The van der Waals surface area contributed by atoms with Crippen molar-refractivity contribution in [3.63, 3.8) is 0 Å². The number of hydrogen-bond donors (Lipinski definition) is 2. The van der Waals surface area contributed by atoms with E-state index in [1.807, 2.05) is 12.2 Å². The molecule has 4 atom stereocenters. The molecule has 2 aliphatic rings. The Morgan fingerprint density at radius 2 is 1.67 bits per heavy atom. The van der Waals surface area contributed by atoms with Gasteiger partial charge in [-0.25, -0.2) is 0 Å². The molecular weight excluding hydrogens is 266 g/mol. The van der Waals surface area contributed by atoms with Crippen LogP contribution in [0.25, 0.3) is 0 Å². The van der Waals surface area contributed by atoms with Gasteiger partial charge in [-0.15, -0.1) is 0 Å². The second-order valence-corrected chi connectivity index (χ2v) is 6.40. The number of unbranched alkanes of at least 4 members (excludes halogenated alkanes) is 5. The first kappa shape index (κ1) is 16.1. The number of rotatable bonds is 9. The summed E-state index contributed by atoms with van der Waals surface area (Å²) in [7, 11) is 0. The van der Waals surface area contributed by atoms with Crippen LogP contribution in [-0.2, 0) is 9.59 Å². The molecule has 4 heteroatoms. The molecule has 0 aliphatic heterocycles. The van der Waals surface area contributed by atoms with Crippen LogP contribution in [0.2, 0.25) is 0 Å². The number of nitrogens with one attached hydrogen (secondary N) is 1. The van der Waals surface area contributed by atoms with Crippen LogP contribution < -0.4 is 5.32 Å². The van der Waals surface area contributed by atoms with Crippen molar-refractivity contribution in [2.24, 2.45) is 23.7 Å². The fourth-order valence-electron chi connectivity index (χ4n) is 3.75. The number of carbonyl (C=O) groups is 2. The van der Waals surface area contributed by atoms with Crippen molar-refractivity contribution in [1.82, 2.24) is 5.32 Å². The normalized spacial score (nSPS) is 29.8. The Morgan fingerprint density at radius 1 is 1.05 bits per heavy atom. The first-order chi connectivity index (χ1) is 10.1. The molecule has 0 heterocycles. The molecule has 0 saturated heterocycles. The molecule has 0 aromatic heterocycles.